The van der Waals surface area contributed by atoms with Crippen LogP contribution in [-0.4, -0.2) is 19.1 Å². The normalized spacial score (nSPS) is 17.0. The molecule has 118 valence electrons. The summed E-state index contributed by atoms with van der Waals surface area (Å²) in [5, 5.41) is 3.57. The Balaban J connectivity index is 2.16. The molecule has 2 rings (SSSR count). The molecule has 0 heterocycles. The minimum Gasteiger partial charge on any atom is -0.371 e. The van der Waals surface area contributed by atoms with Crippen molar-refractivity contribution in [2.45, 2.75) is 77.9 Å². The molecule has 0 aromatic heterocycles. The first-order valence-electron chi connectivity index (χ1n) is 8.63. The molecule has 0 spiro atoms. The number of aryl methyl sites for hydroxylation is 1. The molecule has 0 radical (unpaired) electrons. The lowest BCUT2D eigenvalue weighted by Gasteiger charge is -2.31. The van der Waals surface area contributed by atoms with Crippen LogP contribution >= 0.6 is 0 Å². The molecule has 2 nitrogen and oxygen atoms in total. The Bertz CT molecular complexity index is 431. The fraction of sp³-hybridized carbons (Fsp3) is 0.684. The van der Waals surface area contributed by atoms with Crippen molar-refractivity contribution in [3.63, 3.8) is 0 Å². The Morgan fingerprint density at radius 1 is 1.14 bits per heavy atom. The Hall–Kier alpha value is -1.02. The fourth-order valence-corrected chi connectivity index (χ4v) is 3.36. The fourth-order valence-electron chi connectivity index (χ4n) is 3.36. The summed E-state index contributed by atoms with van der Waals surface area (Å²) < 4.78 is 0. The van der Waals surface area contributed by atoms with E-state index < -0.39 is 0 Å². The smallest absolute Gasteiger partial charge is 0.0411 e. The van der Waals surface area contributed by atoms with Gasteiger partial charge < -0.3 is 10.2 Å². The number of benzene rings is 1. The van der Waals surface area contributed by atoms with Crippen LogP contribution in [0.2, 0.25) is 0 Å². The molecule has 0 amide bonds. The molecule has 0 bridgehead atoms. The molecule has 0 aliphatic heterocycles. The van der Waals surface area contributed by atoms with Crippen molar-refractivity contribution in [3.8, 4) is 0 Å². The van der Waals surface area contributed by atoms with Gasteiger partial charge >= 0.3 is 0 Å². The van der Waals surface area contributed by atoms with Crippen molar-refractivity contribution in [2.75, 3.05) is 11.9 Å². The van der Waals surface area contributed by atoms with Crippen LogP contribution in [0.3, 0.4) is 0 Å². The highest BCUT2D eigenvalue weighted by molar-refractivity contribution is 5.55. The second-order valence-corrected chi connectivity index (χ2v) is 6.92. The van der Waals surface area contributed by atoms with Crippen LogP contribution < -0.4 is 10.2 Å². The predicted molar refractivity (Wildman–Crippen MR) is 93.0 cm³/mol. The van der Waals surface area contributed by atoms with E-state index in [1.165, 1.54) is 55.3 Å². The molecule has 0 atom stereocenters. The summed E-state index contributed by atoms with van der Waals surface area (Å²) in [6.07, 6.45) is 8.31. The van der Waals surface area contributed by atoms with Gasteiger partial charge in [-0.15, -0.1) is 0 Å². The van der Waals surface area contributed by atoms with E-state index in [0.717, 1.165) is 6.54 Å². The van der Waals surface area contributed by atoms with Gasteiger partial charge in [0.05, 0.1) is 0 Å². The molecule has 1 fully saturated rings. The Morgan fingerprint density at radius 3 is 2.43 bits per heavy atom. The molecular weight excluding hydrogens is 256 g/mol. The van der Waals surface area contributed by atoms with Crippen LogP contribution in [0.15, 0.2) is 18.2 Å². The van der Waals surface area contributed by atoms with Gasteiger partial charge in [-0.3, -0.25) is 0 Å². The van der Waals surface area contributed by atoms with Crippen LogP contribution in [0.1, 0.15) is 63.5 Å². The average molecular weight is 288 g/mol. The molecule has 1 aliphatic carbocycles. The topological polar surface area (TPSA) is 15.3 Å². The van der Waals surface area contributed by atoms with Gasteiger partial charge in [-0.2, -0.15) is 0 Å². The number of rotatable bonds is 5. The van der Waals surface area contributed by atoms with Crippen molar-refractivity contribution < 1.29 is 0 Å². The highest BCUT2D eigenvalue weighted by atomic mass is 15.1. The van der Waals surface area contributed by atoms with Gasteiger partial charge in [0.25, 0.3) is 0 Å². The molecular formula is C19H32N2. The van der Waals surface area contributed by atoms with Crippen LogP contribution in [0, 0.1) is 6.92 Å². The molecule has 0 unspecified atom stereocenters. The zero-order chi connectivity index (χ0) is 15.2. The molecule has 1 saturated carbocycles. The largest absolute Gasteiger partial charge is 0.371 e. The van der Waals surface area contributed by atoms with E-state index in [2.05, 4.69) is 56.2 Å². The van der Waals surface area contributed by atoms with Crippen LogP contribution in [0.4, 0.5) is 5.69 Å². The van der Waals surface area contributed by atoms with Gasteiger partial charge in [0.15, 0.2) is 0 Å². The van der Waals surface area contributed by atoms with Gasteiger partial charge in [0, 0.05) is 31.4 Å². The number of nitrogens with one attached hydrogen (secondary N) is 1. The van der Waals surface area contributed by atoms with E-state index in [1.54, 1.807) is 0 Å². The average Bonchev–Trinajstić information content (AvgIpc) is 2.73. The molecule has 1 aromatic carbocycles. The first-order chi connectivity index (χ1) is 10.1. The minimum atomic E-state index is 0.529. The summed E-state index contributed by atoms with van der Waals surface area (Å²) in [6, 6.07) is 8.16. The van der Waals surface area contributed by atoms with Crippen LogP contribution in [-0.2, 0) is 6.54 Å². The summed E-state index contributed by atoms with van der Waals surface area (Å²) in [5.74, 6) is 0. The molecule has 1 aromatic rings. The quantitative estimate of drug-likeness (QED) is 0.793. The maximum absolute atomic E-state index is 3.57. The Morgan fingerprint density at radius 2 is 1.81 bits per heavy atom. The summed E-state index contributed by atoms with van der Waals surface area (Å²) in [5.41, 5.74) is 4.21. The zero-order valence-electron chi connectivity index (χ0n) is 14.3. The van der Waals surface area contributed by atoms with Gasteiger partial charge in [-0.25, -0.2) is 0 Å². The maximum atomic E-state index is 3.57. The van der Waals surface area contributed by atoms with Gasteiger partial charge in [0.2, 0.25) is 0 Å². The lowest BCUT2D eigenvalue weighted by atomic mass is 10.0. The molecule has 0 saturated heterocycles. The SMILES string of the molecule is Cc1ccc(N(C)C2CCCCCC2)c(CNC(C)C)c1. The first kappa shape index (κ1) is 16.4. The van der Waals surface area contributed by atoms with Gasteiger partial charge in [-0.05, 0) is 31.4 Å². The monoisotopic (exact) mass is 288 g/mol. The third-order valence-corrected chi connectivity index (χ3v) is 4.69. The Labute approximate surface area is 130 Å². The summed E-state index contributed by atoms with van der Waals surface area (Å²) in [7, 11) is 2.29. The minimum absolute atomic E-state index is 0.529. The zero-order valence-corrected chi connectivity index (χ0v) is 14.3. The van der Waals surface area contributed by atoms with Crippen LogP contribution in [0.5, 0.6) is 0 Å². The third-order valence-electron chi connectivity index (χ3n) is 4.69. The Kier molecular flexibility index (Phi) is 6.10. The standard InChI is InChI=1S/C19H32N2/c1-15(2)20-14-17-13-16(3)11-12-19(17)21(4)18-9-7-5-6-8-10-18/h11-13,15,18,20H,5-10,14H2,1-4H3. The van der Waals surface area contributed by atoms with Crippen molar-refractivity contribution >= 4 is 5.69 Å². The lowest BCUT2D eigenvalue weighted by molar-refractivity contribution is 0.547. The summed E-state index contributed by atoms with van der Waals surface area (Å²) in [6.45, 7) is 7.58. The van der Waals surface area contributed by atoms with E-state index in [-0.39, 0.29) is 0 Å². The van der Waals surface area contributed by atoms with Crippen molar-refractivity contribution in [1.82, 2.24) is 5.32 Å². The maximum Gasteiger partial charge on any atom is 0.0411 e. The van der Waals surface area contributed by atoms with E-state index in [1.807, 2.05) is 0 Å². The summed E-state index contributed by atoms with van der Waals surface area (Å²) >= 11 is 0. The number of anilines is 1. The van der Waals surface area contributed by atoms with Gasteiger partial charge in [0.1, 0.15) is 0 Å². The third kappa shape index (κ3) is 4.74. The lowest BCUT2D eigenvalue weighted by Crippen LogP contribution is -2.32. The van der Waals surface area contributed by atoms with Crippen molar-refractivity contribution in [1.29, 1.82) is 0 Å². The van der Waals surface area contributed by atoms with Crippen molar-refractivity contribution in [2.24, 2.45) is 0 Å². The number of nitrogens with zero attached hydrogens (tertiary/aromatic N) is 1. The highest BCUT2D eigenvalue weighted by Gasteiger charge is 2.19. The van der Waals surface area contributed by atoms with E-state index in [4.69, 9.17) is 0 Å². The van der Waals surface area contributed by atoms with E-state index in [0.29, 0.717) is 12.1 Å². The number of hydrogen-bond donors (Lipinski definition) is 1. The van der Waals surface area contributed by atoms with E-state index >= 15 is 0 Å². The first-order valence-corrected chi connectivity index (χ1v) is 8.63. The predicted octanol–water partition coefficient (Wildman–Crippen LogP) is 4.65. The second-order valence-electron chi connectivity index (χ2n) is 6.92. The van der Waals surface area contributed by atoms with Crippen LogP contribution in [0.25, 0.3) is 0 Å². The molecule has 21 heavy (non-hydrogen) atoms. The van der Waals surface area contributed by atoms with E-state index in [9.17, 15) is 0 Å². The van der Waals surface area contributed by atoms with Gasteiger partial charge in [-0.1, -0.05) is 57.2 Å². The summed E-state index contributed by atoms with van der Waals surface area (Å²) in [4.78, 5) is 2.54. The number of hydrogen-bond acceptors (Lipinski definition) is 2. The molecule has 2 heteroatoms. The molecule has 1 N–H and O–H groups in total. The molecule has 1 aliphatic rings. The van der Waals surface area contributed by atoms with Crippen molar-refractivity contribution in [3.05, 3.63) is 29.3 Å². The second kappa shape index (κ2) is 7.84. The highest BCUT2D eigenvalue weighted by Crippen LogP contribution is 2.28.